The van der Waals surface area contributed by atoms with E-state index in [2.05, 4.69) is 10.3 Å². The van der Waals surface area contributed by atoms with E-state index in [1.54, 1.807) is 58.2 Å². The van der Waals surface area contributed by atoms with Crippen LogP contribution < -0.4 is 5.32 Å². The van der Waals surface area contributed by atoms with E-state index in [-0.39, 0.29) is 18.6 Å². The summed E-state index contributed by atoms with van der Waals surface area (Å²) in [6.45, 7) is 6.13. The zero-order valence-corrected chi connectivity index (χ0v) is 22.0. The van der Waals surface area contributed by atoms with Gasteiger partial charge in [0.25, 0.3) is 0 Å². The van der Waals surface area contributed by atoms with Gasteiger partial charge >= 0.3 is 12.0 Å². The van der Waals surface area contributed by atoms with E-state index < -0.39 is 23.6 Å². The van der Waals surface area contributed by atoms with Gasteiger partial charge in [0.05, 0.1) is 23.9 Å². The summed E-state index contributed by atoms with van der Waals surface area (Å²) in [7, 11) is 3.26. The van der Waals surface area contributed by atoms with Crippen LogP contribution in [0, 0.1) is 0 Å². The molecule has 0 bridgehead atoms. The highest BCUT2D eigenvalue weighted by Gasteiger charge is 2.41. The average molecular weight is 517 g/mol. The number of rotatable bonds is 7. The number of ether oxygens (including phenoxy) is 2. The highest BCUT2D eigenvalue weighted by atomic mass is 35.5. The molecule has 2 atom stereocenters. The fraction of sp³-hybridized carbons (Fsp3) is 0.462. The van der Waals surface area contributed by atoms with Crippen LogP contribution in [0.2, 0.25) is 5.02 Å². The van der Waals surface area contributed by atoms with Gasteiger partial charge in [-0.1, -0.05) is 23.7 Å². The Morgan fingerprint density at radius 3 is 2.58 bits per heavy atom. The van der Waals surface area contributed by atoms with Crippen LogP contribution in [0.4, 0.5) is 4.79 Å². The van der Waals surface area contributed by atoms with Gasteiger partial charge in [0.2, 0.25) is 5.91 Å². The largest absolute Gasteiger partial charge is 0.456 e. The first-order chi connectivity index (χ1) is 17.0. The van der Waals surface area contributed by atoms with Crippen LogP contribution in [-0.4, -0.2) is 71.1 Å². The first kappa shape index (κ1) is 27.4. The average Bonchev–Trinajstić information content (AvgIpc) is 3.26. The highest BCUT2D eigenvalue weighted by molar-refractivity contribution is 6.31. The van der Waals surface area contributed by atoms with Crippen molar-refractivity contribution < 1.29 is 23.9 Å². The van der Waals surface area contributed by atoms with E-state index in [0.717, 1.165) is 5.69 Å². The number of methoxy groups -OCH3 is 1. The Hall–Kier alpha value is -3.17. The van der Waals surface area contributed by atoms with Gasteiger partial charge in [-0.05, 0) is 50.6 Å². The van der Waals surface area contributed by atoms with Crippen molar-refractivity contribution in [2.45, 2.75) is 58.0 Å². The Balaban J connectivity index is 1.64. The third kappa shape index (κ3) is 7.18. The number of amides is 3. The summed E-state index contributed by atoms with van der Waals surface area (Å²) >= 11 is 6.37. The molecule has 9 nitrogen and oxygen atoms in total. The fourth-order valence-electron chi connectivity index (χ4n) is 3.92. The number of likely N-dealkylation sites (N-methyl/N-ethyl adjacent to an activating group) is 1. The number of likely N-dealkylation sites (tertiary alicyclic amines) is 1. The normalized spacial score (nSPS) is 17.6. The first-order valence-electron chi connectivity index (χ1n) is 11.7. The van der Waals surface area contributed by atoms with E-state index in [4.69, 9.17) is 21.1 Å². The number of pyridine rings is 1. The molecule has 1 aliphatic heterocycles. The molecule has 0 unspecified atom stereocenters. The summed E-state index contributed by atoms with van der Waals surface area (Å²) in [6.07, 6.45) is 1.83. The lowest BCUT2D eigenvalue weighted by Gasteiger charge is -2.28. The standard InChI is InChI=1S/C26H33ClN4O5/c1-26(2,3)36-24(33)17-9-10-18(21(27)12-17)14-29-25(34)31-16-20(35-5)13-22(31)23(32)30(4)15-19-8-6-7-11-28-19/h6-12,20,22H,13-16H2,1-5H3,(H,29,34)/t20-,22+/m1/s1. The van der Waals surface area contributed by atoms with Crippen LogP contribution in [0.3, 0.4) is 0 Å². The van der Waals surface area contributed by atoms with Gasteiger partial charge in [0, 0.05) is 44.9 Å². The Labute approximate surface area is 216 Å². The van der Waals surface area contributed by atoms with Crippen molar-refractivity contribution in [2.75, 3.05) is 20.7 Å². The van der Waals surface area contributed by atoms with Crippen LogP contribution in [0.1, 0.15) is 48.8 Å². The molecule has 1 aromatic carbocycles. The lowest BCUT2D eigenvalue weighted by molar-refractivity contribution is -0.134. The van der Waals surface area contributed by atoms with Gasteiger partial charge < -0.3 is 24.6 Å². The van der Waals surface area contributed by atoms with E-state index >= 15 is 0 Å². The van der Waals surface area contributed by atoms with Crippen molar-refractivity contribution in [2.24, 2.45) is 0 Å². The third-order valence-corrected chi connectivity index (χ3v) is 6.11. The van der Waals surface area contributed by atoms with Crippen LogP contribution in [0.5, 0.6) is 0 Å². The van der Waals surface area contributed by atoms with Crippen molar-refractivity contribution in [1.82, 2.24) is 20.1 Å². The molecule has 2 aromatic rings. The smallest absolute Gasteiger partial charge is 0.338 e. The lowest BCUT2D eigenvalue weighted by atomic mass is 10.1. The van der Waals surface area contributed by atoms with Gasteiger partial charge in [-0.15, -0.1) is 0 Å². The van der Waals surface area contributed by atoms with Crippen molar-refractivity contribution in [3.63, 3.8) is 0 Å². The molecule has 194 valence electrons. The quantitative estimate of drug-likeness (QED) is 0.564. The Bertz CT molecular complexity index is 1090. The summed E-state index contributed by atoms with van der Waals surface area (Å²) in [5.41, 5.74) is 1.10. The molecule has 1 N–H and O–H groups in total. The minimum absolute atomic E-state index is 0.130. The van der Waals surface area contributed by atoms with Crippen molar-refractivity contribution >= 4 is 29.5 Å². The molecule has 36 heavy (non-hydrogen) atoms. The number of carbonyl (C=O) groups is 3. The molecule has 0 spiro atoms. The van der Waals surface area contributed by atoms with Crippen LogP contribution in [0.15, 0.2) is 42.6 Å². The van der Waals surface area contributed by atoms with Crippen molar-refractivity contribution in [1.29, 1.82) is 0 Å². The zero-order chi connectivity index (χ0) is 26.5. The molecular formula is C26H33ClN4O5. The summed E-state index contributed by atoms with van der Waals surface area (Å²) < 4.78 is 10.8. The number of urea groups is 1. The Morgan fingerprint density at radius 2 is 1.97 bits per heavy atom. The fourth-order valence-corrected chi connectivity index (χ4v) is 4.17. The minimum atomic E-state index is -0.659. The first-order valence-corrected chi connectivity index (χ1v) is 12.1. The van der Waals surface area contributed by atoms with Gasteiger partial charge in [-0.25, -0.2) is 9.59 Å². The number of nitrogens with zero attached hydrogens (tertiary/aromatic N) is 3. The summed E-state index contributed by atoms with van der Waals surface area (Å²) in [5.74, 6) is -0.658. The molecule has 1 saturated heterocycles. The number of esters is 1. The monoisotopic (exact) mass is 516 g/mol. The van der Waals surface area contributed by atoms with Gasteiger partial charge in [-0.2, -0.15) is 0 Å². The molecule has 0 aliphatic carbocycles. The maximum Gasteiger partial charge on any atom is 0.338 e. The highest BCUT2D eigenvalue weighted by Crippen LogP contribution is 2.24. The summed E-state index contributed by atoms with van der Waals surface area (Å²) in [4.78, 5) is 45.9. The van der Waals surface area contributed by atoms with Crippen LogP contribution in [-0.2, 0) is 27.4 Å². The molecule has 0 saturated carbocycles. The molecule has 1 aromatic heterocycles. The predicted molar refractivity (Wildman–Crippen MR) is 135 cm³/mol. The van der Waals surface area contributed by atoms with Gasteiger partial charge in [0.15, 0.2) is 0 Å². The lowest BCUT2D eigenvalue weighted by Crippen LogP contribution is -2.49. The molecule has 1 aliphatic rings. The number of benzene rings is 1. The molecule has 3 rings (SSSR count). The number of nitrogens with one attached hydrogen (secondary N) is 1. The van der Waals surface area contributed by atoms with E-state index in [9.17, 15) is 14.4 Å². The maximum atomic E-state index is 13.2. The van der Waals surface area contributed by atoms with E-state index in [1.807, 2.05) is 18.2 Å². The minimum Gasteiger partial charge on any atom is -0.456 e. The van der Waals surface area contributed by atoms with Crippen molar-refractivity contribution in [3.8, 4) is 0 Å². The zero-order valence-electron chi connectivity index (χ0n) is 21.3. The van der Waals surface area contributed by atoms with Gasteiger partial charge in [-0.3, -0.25) is 9.78 Å². The second-order valence-corrected chi connectivity index (χ2v) is 10.2. The predicted octanol–water partition coefficient (Wildman–Crippen LogP) is 3.65. The number of hydrogen-bond donors (Lipinski definition) is 1. The molecule has 2 heterocycles. The van der Waals surface area contributed by atoms with Gasteiger partial charge in [0.1, 0.15) is 11.6 Å². The van der Waals surface area contributed by atoms with Crippen molar-refractivity contribution in [3.05, 3.63) is 64.4 Å². The summed E-state index contributed by atoms with van der Waals surface area (Å²) in [5, 5.41) is 3.17. The second kappa shape index (κ2) is 11.7. The molecule has 3 amide bonds. The SMILES string of the molecule is CO[C@@H]1C[C@@H](C(=O)N(C)Cc2ccccn2)N(C(=O)NCc2ccc(C(=O)OC(C)(C)C)cc2Cl)C1. The number of aromatic nitrogens is 1. The maximum absolute atomic E-state index is 13.2. The van der Waals surface area contributed by atoms with Crippen LogP contribution in [0.25, 0.3) is 0 Å². The number of hydrogen-bond acceptors (Lipinski definition) is 6. The molecule has 1 fully saturated rings. The van der Waals surface area contributed by atoms with Crippen LogP contribution >= 0.6 is 11.6 Å². The number of carbonyl (C=O) groups excluding carboxylic acids is 3. The number of halogens is 1. The van der Waals surface area contributed by atoms with E-state index in [0.29, 0.717) is 35.7 Å². The second-order valence-electron chi connectivity index (χ2n) is 9.74. The third-order valence-electron chi connectivity index (χ3n) is 5.76. The molecule has 0 radical (unpaired) electrons. The van der Waals surface area contributed by atoms with E-state index in [1.165, 1.54) is 11.0 Å². The Kier molecular flexibility index (Phi) is 8.92. The molecular weight excluding hydrogens is 484 g/mol. The topological polar surface area (TPSA) is 101 Å². The summed E-state index contributed by atoms with van der Waals surface area (Å²) in [6, 6.07) is 9.27. The molecule has 10 heteroatoms. The Morgan fingerprint density at radius 1 is 1.22 bits per heavy atom.